The summed E-state index contributed by atoms with van der Waals surface area (Å²) in [5.41, 5.74) is 21.7. The highest BCUT2D eigenvalue weighted by molar-refractivity contribution is 5.89. The van der Waals surface area contributed by atoms with E-state index in [0.717, 1.165) is 0 Å². The van der Waals surface area contributed by atoms with E-state index in [1.165, 1.54) is 0 Å². The first-order valence-electron chi connectivity index (χ1n) is 36.9. The van der Waals surface area contributed by atoms with Crippen molar-refractivity contribution in [1.82, 2.24) is 74.1 Å². The number of benzene rings is 6. The van der Waals surface area contributed by atoms with E-state index in [2.05, 4.69) is 96.9 Å². The molecule has 30 nitrogen and oxygen atoms in total. The van der Waals surface area contributed by atoms with Crippen LogP contribution >= 0.6 is 0 Å². The lowest BCUT2D eigenvalue weighted by molar-refractivity contribution is 0.143. The van der Waals surface area contributed by atoms with Gasteiger partial charge in [-0.2, -0.15) is 9.97 Å². The Hall–Kier alpha value is -15.0. The topological polar surface area (TPSA) is 435 Å². The van der Waals surface area contributed by atoms with Crippen LogP contribution in [0, 0.1) is 56.3 Å². The molecule has 588 valence electrons. The maximum atomic E-state index is 14.1. The summed E-state index contributed by atoms with van der Waals surface area (Å²) in [6.45, 7) is 20.3. The van der Waals surface area contributed by atoms with Crippen LogP contribution in [0.2, 0.25) is 0 Å². The molecule has 0 amide bonds. The van der Waals surface area contributed by atoms with E-state index in [1.54, 1.807) is 167 Å². The molecule has 3 atom stereocenters. The Balaban J connectivity index is 0.000000152. The minimum Gasteiger partial charge on any atom is -0.421 e. The number of rotatable bonds is 15. The smallest absolute Gasteiger partial charge is 0.267 e. The van der Waals surface area contributed by atoms with Crippen LogP contribution in [0.15, 0.2) is 210 Å². The van der Waals surface area contributed by atoms with Crippen LogP contribution in [0.5, 0.6) is 0 Å². The Labute approximate surface area is 670 Å². The molecule has 9 aromatic heterocycles. The maximum Gasteiger partial charge on any atom is 0.267 e. The van der Waals surface area contributed by atoms with Gasteiger partial charge in [-0.05, 0) is 160 Å². The Bertz CT molecular complexity index is 6010. The number of aromatic nitrogens is 15. The number of nitrogen functional groups attached to an aromatic ring is 3. The fourth-order valence-corrected chi connectivity index (χ4v) is 12.5. The molecule has 0 aliphatic heterocycles. The van der Waals surface area contributed by atoms with E-state index in [9.17, 15) is 29.7 Å². The van der Waals surface area contributed by atoms with E-state index < -0.39 is 34.9 Å². The molecule has 0 aliphatic rings. The summed E-state index contributed by atoms with van der Waals surface area (Å²) in [4.78, 5) is 79.0. The monoisotopic (exact) mass is 1560 g/mol. The fraction of sp³-hybridized carbons (Fsp3) is 0.207. The number of anilines is 6. The largest absolute Gasteiger partial charge is 0.421 e. The van der Waals surface area contributed by atoms with Crippen molar-refractivity contribution in [3.63, 3.8) is 0 Å². The molecule has 9 heterocycles. The molecule has 117 heavy (non-hydrogen) atoms. The molecule has 0 bridgehead atoms. The molecule has 15 rings (SSSR count). The number of nitrogens with zero attached hydrogens (tertiary/aromatic N) is 15. The third-order valence-electron chi connectivity index (χ3n) is 17.7. The predicted octanol–water partition coefficient (Wildman–Crippen LogP) is 12.1. The minimum atomic E-state index is -1.22. The van der Waals surface area contributed by atoms with Crippen LogP contribution in [0.3, 0.4) is 0 Å². The molecule has 30 heteroatoms. The van der Waals surface area contributed by atoms with Gasteiger partial charge in [-0.25, -0.2) is 29.9 Å². The van der Waals surface area contributed by atoms with Crippen LogP contribution in [-0.2, 0) is 0 Å². The second-order valence-electron chi connectivity index (χ2n) is 28.7. The van der Waals surface area contributed by atoms with Gasteiger partial charge in [-0.3, -0.25) is 28.1 Å². The van der Waals surface area contributed by atoms with Crippen molar-refractivity contribution in [3.8, 4) is 86.9 Å². The number of pyridine rings is 3. The normalized spacial score (nSPS) is 12.1. The first kappa shape index (κ1) is 80.0. The average Bonchev–Trinajstić information content (AvgIpc) is 1.10. The van der Waals surface area contributed by atoms with E-state index in [-0.39, 0.29) is 28.5 Å². The lowest BCUT2D eigenvalue weighted by Crippen LogP contribution is -2.28. The van der Waals surface area contributed by atoms with Gasteiger partial charge in [-0.1, -0.05) is 119 Å². The highest BCUT2D eigenvalue weighted by Crippen LogP contribution is 2.37. The highest BCUT2D eigenvalue weighted by Gasteiger charge is 2.29. The lowest BCUT2D eigenvalue weighted by atomic mass is 10.1. The van der Waals surface area contributed by atoms with Gasteiger partial charge in [0.15, 0.2) is 5.82 Å². The van der Waals surface area contributed by atoms with Gasteiger partial charge in [0, 0.05) is 66.2 Å². The summed E-state index contributed by atoms with van der Waals surface area (Å²) in [6.07, 6.45) is 4.72. The van der Waals surface area contributed by atoms with Crippen molar-refractivity contribution in [2.75, 3.05) is 33.2 Å². The second kappa shape index (κ2) is 33.3. The van der Waals surface area contributed by atoms with Crippen molar-refractivity contribution in [2.45, 2.75) is 118 Å². The SMILES string of the molecule is Cc1nc(-c2c(N)ccnc2N[C@@H](C)c2nc3cccc(C#CC(C)(C)O)c3c(=O)n2-c2ccccc2)no1.Cc1nnc(-c2c(N)ccnc2N[C@@H](C)c2nc3cccc(C#CC(C)(C)O)c3c(=O)n2-c2ccccc2)o1.Cc1noc(-c2c(N)ccnc2N[C@@H](C)c2nc3cccc(C#CC(C)(C)O)c3c(=O)n2-c2ccccc2)n1. The van der Waals surface area contributed by atoms with Crippen molar-refractivity contribution in [2.24, 2.45) is 0 Å². The zero-order valence-electron chi connectivity index (χ0n) is 65.8. The maximum absolute atomic E-state index is 14.1. The molecule has 0 aliphatic carbocycles. The van der Waals surface area contributed by atoms with Crippen LogP contribution in [0.25, 0.3) is 84.1 Å². The third-order valence-corrected chi connectivity index (χ3v) is 17.7. The summed E-state index contributed by atoms with van der Waals surface area (Å²) < 4.78 is 20.8. The summed E-state index contributed by atoms with van der Waals surface area (Å²) in [7, 11) is 0. The zero-order valence-corrected chi connectivity index (χ0v) is 65.8. The van der Waals surface area contributed by atoms with Gasteiger partial charge >= 0.3 is 0 Å². The molecule has 6 aromatic carbocycles. The summed E-state index contributed by atoms with van der Waals surface area (Å²) >= 11 is 0. The van der Waals surface area contributed by atoms with E-state index in [1.807, 2.05) is 112 Å². The van der Waals surface area contributed by atoms with Crippen LogP contribution in [-0.4, -0.2) is 106 Å². The van der Waals surface area contributed by atoms with Crippen molar-refractivity contribution in [3.05, 3.63) is 265 Å². The predicted molar refractivity (Wildman–Crippen MR) is 448 cm³/mol. The number of aryl methyl sites for hydroxylation is 3. The van der Waals surface area contributed by atoms with Gasteiger partial charge in [0.25, 0.3) is 28.5 Å². The van der Waals surface area contributed by atoms with Gasteiger partial charge in [0.1, 0.15) is 62.9 Å². The molecule has 15 aromatic rings. The number of hydrogen-bond donors (Lipinski definition) is 9. The molecule has 12 N–H and O–H groups in total. The van der Waals surface area contributed by atoms with E-state index in [4.69, 9.17) is 45.6 Å². The van der Waals surface area contributed by atoms with Crippen LogP contribution < -0.4 is 49.8 Å². The lowest BCUT2D eigenvalue weighted by Gasteiger charge is -2.21. The number of aliphatic hydroxyl groups is 3. The number of hydrogen-bond acceptors (Lipinski definition) is 27. The number of fused-ring (bicyclic) bond motifs is 3. The van der Waals surface area contributed by atoms with Gasteiger partial charge in [-0.15, -0.1) is 10.2 Å². The third kappa shape index (κ3) is 18.1. The van der Waals surface area contributed by atoms with Crippen molar-refractivity contribution < 1.29 is 28.8 Å². The highest BCUT2D eigenvalue weighted by atomic mass is 16.5. The summed E-state index contributed by atoms with van der Waals surface area (Å²) in [6, 6.07) is 47.1. The second-order valence-corrected chi connectivity index (χ2v) is 28.7. The average molecular weight is 1560 g/mol. The Morgan fingerprint density at radius 1 is 0.402 bits per heavy atom. The summed E-state index contributed by atoms with van der Waals surface area (Å²) in [5.74, 6) is 21.8. The van der Waals surface area contributed by atoms with Gasteiger partial charge < -0.3 is 61.9 Å². The molecule has 0 saturated heterocycles. The molecule has 0 spiro atoms. The standard InChI is InChI=1S/3C29H27N7O3/c1-17(32-25-24(21(30)14-16-31-25)26-33-18(2)39-35-26)27-34-22-12-8-9-19(13-15-29(3,4)38)23(22)28(37)36(27)20-10-6-5-7-11-20;1-17(32-25-24(21(30)14-16-31-25)27-35-34-18(2)39-27)26-33-22-12-8-9-19(13-15-29(3,4)38)23(22)28(37)36(26)20-10-6-5-7-11-20;1-17(32-25-24(21(30)14-16-31-25)27-33-18(2)35-39-27)26-34-22-12-8-9-19(13-15-29(3,4)38)23(22)28(37)36(26)20-10-6-5-7-11-20/h3*5-12,14,16-17,38H,1-4H3,(H3,30,31,32)/t3*17-/m000/s1. The molecular weight excluding hydrogens is 1480 g/mol. The van der Waals surface area contributed by atoms with E-state index >= 15 is 0 Å². The van der Waals surface area contributed by atoms with Crippen molar-refractivity contribution in [1.29, 1.82) is 0 Å². The zero-order chi connectivity index (χ0) is 83.2. The Morgan fingerprint density at radius 2 is 0.752 bits per heavy atom. The van der Waals surface area contributed by atoms with E-state index in [0.29, 0.717) is 159 Å². The first-order valence-corrected chi connectivity index (χ1v) is 36.9. The quantitative estimate of drug-likeness (QED) is 0.0430. The molecule has 0 fully saturated rings. The van der Waals surface area contributed by atoms with Gasteiger partial charge in [0.2, 0.25) is 17.6 Å². The van der Waals surface area contributed by atoms with Crippen molar-refractivity contribution >= 4 is 67.2 Å². The van der Waals surface area contributed by atoms with Gasteiger partial charge in [0.05, 0.1) is 73.5 Å². The number of para-hydroxylation sites is 3. The first-order chi connectivity index (χ1) is 55.9. The van der Waals surface area contributed by atoms with Crippen LogP contribution in [0.1, 0.15) is 132 Å². The molecule has 0 radical (unpaired) electrons. The number of nitrogens with one attached hydrogen (secondary N) is 3. The Kier molecular flexibility index (Phi) is 22.8. The number of nitrogens with two attached hydrogens (primary N) is 3. The molecule has 0 unspecified atom stereocenters. The minimum absolute atomic E-state index is 0.231. The summed E-state index contributed by atoms with van der Waals surface area (Å²) in [5, 5.41) is 57.4. The van der Waals surface area contributed by atoms with Crippen LogP contribution in [0.4, 0.5) is 34.5 Å². The Morgan fingerprint density at radius 3 is 1.07 bits per heavy atom. The molecule has 0 saturated carbocycles. The molecular formula is C87H81N21O9. The fourth-order valence-electron chi connectivity index (χ4n) is 12.5.